The van der Waals surface area contributed by atoms with Crippen molar-refractivity contribution in [1.82, 2.24) is 0 Å². The quantitative estimate of drug-likeness (QED) is 0.556. The van der Waals surface area contributed by atoms with Crippen LogP contribution in [0, 0.1) is 0 Å². The maximum Gasteiger partial charge on any atom is 0.0799 e. The molecular weight excluding hydrogens is 200 g/mol. The zero-order chi connectivity index (χ0) is 12.1. The Kier molecular flexibility index (Phi) is 5.53. The largest absolute Gasteiger partial charge is 0.386 e. The van der Waals surface area contributed by atoms with Crippen molar-refractivity contribution in [3.63, 3.8) is 0 Å². The fourth-order valence-corrected chi connectivity index (χ4v) is 2.02. The third kappa shape index (κ3) is 9.95. The molecule has 2 heteroatoms. The lowest BCUT2D eigenvalue weighted by molar-refractivity contribution is 0.103. The fourth-order valence-electron chi connectivity index (χ4n) is 1.17. The topological polar surface area (TPSA) is 20.2 Å². The van der Waals surface area contributed by atoms with Crippen LogP contribution < -0.4 is 0 Å². The molecule has 0 saturated carbocycles. The maximum atomic E-state index is 10.1. The molecule has 0 rings (SSSR count). The van der Waals surface area contributed by atoms with Gasteiger partial charge in [-0.05, 0) is 33.6 Å². The van der Waals surface area contributed by atoms with Gasteiger partial charge in [-0.2, -0.15) is 0 Å². The van der Waals surface area contributed by atoms with Crippen molar-refractivity contribution in [3.05, 3.63) is 23.4 Å². The Labute approximate surface area is 95.9 Å². The van der Waals surface area contributed by atoms with Crippen LogP contribution >= 0.6 is 0 Å². The monoisotopic (exact) mass is 226 g/mol. The first-order valence-electron chi connectivity index (χ1n) is 5.68. The lowest BCUT2D eigenvalue weighted by atomic mass is 10.00. The van der Waals surface area contributed by atoms with Crippen molar-refractivity contribution in [2.45, 2.75) is 58.9 Å². The van der Waals surface area contributed by atoms with Crippen molar-refractivity contribution >= 4 is 8.07 Å². The lowest BCUT2D eigenvalue weighted by Gasteiger charge is -2.20. The molecule has 1 atom stereocenters. The summed E-state index contributed by atoms with van der Waals surface area (Å²) in [6.45, 7) is 12.9. The van der Waals surface area contributed by atoms with E-state index in [9.17, 15) is 5.11 Å². The smallest absolute Gasteiger partial charge is 0.0799 e. The molecule has 0 radical (unpaired) electrons. The van der Waals surface area contributed by atoms with Crippen LogP contribution in [-0.2, 0) is 0 Å². The highest BCUT2D eigenvalue weighted by molar-refractivity contribution is 6.80. The molecule has 1 N–H and O–H groups in total. The highest BCUT2D eigenvalue weighted by Crippen LogP contribution is 2.16. The summed E-state index contributed by atoms with van der Waals surface area (Å²) in [7, 11) is -1.18. The number of hydrogen-bond donors (Lipinski definition) is 1. The first-order chi connectivity index (χ1) is 6.62. The molecule has 0 amide bonds. The third-order valence-electron chi connectivity index (χ3n) is 2.15. The minimum atomic E-state index is -1.18. The van der Waals surface area contributed by atoms with Crippen LogP contribution in [0.3, 0.4) is 0 Å². The average Bonchev–Trinajstić information content (AvgIpc) is 1.99. The van der Waals surface area contributed by atoms with E-state index in [0.29, 0.717) is 0 Å². The molecule has 0 aromatic heterocycles. The molecule has 15 heavy (non-hydrogen) atoms. The van der Waals surface area contributed by atoms with Gasteiger partial charge in [0.1, 0.15) is 0 Å². The third-order valence-corrected chi connectivity index (χ3v) is 3.31. The van der Waals surface area contributed by atoms with Crippen molar-refractivity contribution < 1.29 is 5.11 Å². The molecule has 0 heterocycles. The second-order valence-electron chi connectivity index (χ2n) is 5.88. The van der Waals surface area contributed by atoms with Crippen LogP contribution in [0.2, 0.25) is 19.6 Å². The molecule has 0 aromatic carbocycles. The molecule has 0 spiro atoms. The van der Waals surface area contributed by atoms with Gasteiger partial charge < -0.3 is 5.11 Å². The molecule has 0 bridgehead atoms. The van der Waals surface area contributed by atoms with Crippen molar-refractivity contribution in [1.29, 1.82) is 0 Å². The first kappa shape index (κ1) is 14.7. The maximum absolute atomic E-state index is 10.1. The SMILES string of the molecule is CC(C)=CCCC(C)(O)C=C[Si](C)(C)C. The zero-order valence-electron chi connectivity index (χ0n) is 11.1. The van der Waals surface area contributed by atoms with E-state index in [1.165, 1.54) is 5.57 Å². The van der Waals surface area contributed by atoms with Crippen LogP contribution in [0.1, 0.15) is 33.6 Å². The van der Waals surface area contributed by atoms with E-state index < -0.39 is 13.7 Å². The van der Waals surface area contributed by atoms with Crippen LogP contribution in [0.4, 0.5) is 0 Å². The summed E-state index contributed by atoms with van der Waals surface area (Å²) < 4.78 is 0. The highest BCUT2D eigenvalue weighted by atomic mass is 28.3. The molecule has 1 nitrogen and oxygen atoms in total. The molecular formula is C13H26OSi. The Bertz CT molecular complexity index is 240. The minimum absolute atomic E-state index is 0.647. The van der Waals surface area contributed by atoms with E-state index in [0.717, 1.165) is 12.8 Å². The molecule has 0 aliphatic heterocycles. The van der Waals surface area contributed by atoms with Gasteiger partial charge in [0.2, 0.25) is 0 Å². The van der Waals surface area contributed by atoms with Gasteiger partial charge in [0.25, 0.3) is 0 Å². The van der Waals surface area contributed by atoms with Crippen molar-refractivity contribution in [2.75, 3.05) is 0 Å². The standard InChI is InChI=1S/C13H26OSi/c1-12(2)8-7-9-13(3,14)10-11-15(4,5)6/h8,10-11,14H,7,9H2,1-6H3. The Morgan fingerprint density at radius 1 is 1.27 bits per heavy atom. The van der Waals surface area contributed by atoms with Gasteiger partial charge in [0.05, 0.1) is 13.7 Å². The van der Waals surface area contributed by atoms with Crippen LogP contribution in [0.5, 0.6) is 0 Å². The summed E-state index contributed by atoms with van der Waals surface area (Å²) in [6.07, 6.45) is 5.92. The average molecular weight is 226 g/mol. The van der Waals surface area contributed by atoms with Crippen molar-refractivity contribution in [3.8, 4) is 0 Å². The number of rotatable bonds is 5. The first-order valence-corrected chi connectivity index (χ1v) is 9.26. The van der Waals surface area contributed by atoms with E-state index in [1.807, 2.05) is 13.0 Å². The summed E-state index contributed by atoms with van der Waals surface area (Å²) in [4.78, 5) is 0. The number of aliphatic hydroxyl groups is 1. The van der Waals surface area contributed by atoms with Gasteiger partial charge in [-0.3, -0.25) is 0 Å². The Morgan fingerprint density at radius 2 is 1.80 bits per heavy atom. The second-order valence-corrected chi connectivity index (χ2v) is 10.9. The van der Waals surface area contributed by atoms with Crippen molar-refractivity contribution in [2.24, 2.45) is 0 Å². The summed E-state index contributed by atoms with van der Waals surface area (Å²) in [5, 5.41) is 10.1. The highest BCUT2D eigenvalue weighted by Gasteiger charge is 2.17. The van der Waals surface area contributed by atoms with Gasteiger partial charge in [-0.1, -0.05) is 43.1 Å². The zero-order valence-corrected chi connectivity index (χ0v) is 12.1. The van der Waals surface area contributed by atoms with Crippen LogP contribution in [0.15, 0.2) is 23.4 Å². The number of hydrogen-bond acceptors (Lipinski definition) is 1. The summed E-state index contributed by atoms with van der Waals surface area (Å²) in [5.41, 5.74) is 2.89. The molecule has 0 aliphatic carbocycles. The van der Waals surface area contributed by atoms with Crippen LogP contribution in [-0.4, -0.2) is 18.8 Å². The van der Waals surface area contributed by atoms with Gasteiger partial charge in [-0.25, -0.2) is 0 Å². The summed E-state index contributed by atoms with van der Waals surface area (Å²) in [6, 6.07) is 0. The molecule has 0 fully saturated rings. The lowest BCUT2D eigenvalue weighted by Crippen LogP contribution is -2.24. The van der Waals surface area contributed by atoms with E-state index in [1.54, 1.807) is 0 Å². The van der Waals surface area contributed by atoms with E-state index >= 15 is 0 Å². The van der Waals surface area contributed by atoms with Gasteiger partial charge >= 0.3 is 0 Å². The van der Waals surface area contributed by atoms with Gasteiger partial charge in [0.15, 0.2) is 0 Å². The van der Waals surface area contributed by atoms with Gasteiger partial charge in [0, 0.05) is 0 Å². The fraction of sp³-hybridized carbons (Fsp3) is 0.692. The summed E-state index contributed by atoms with van der Waals surface area (Å²) >= 11 is 0. The second kappa shape index (κ2) is 5.66. The van der Waals surface area contributed by atoms with E-state index in [-0.39, 0.29) is 0 Å². The molecule has 0 aliphatic rings. The molecule has 1 unspecified atom stereocenters. The number of allylic oxidation sites excluding steroid dienone is 2. The predicted octanol–water partition coefficient (Wildman–Crippen LogP) is 3.92. The van der Waals surface area contributed by atoms with E-state index in [2.05, 4.69) is 45.3 Å². The molecule has 0 saturated heterocycles. The normalized spacial score (nSPS) is 16.5. The van der Waals surface area contributed by atoms with Gasteiger partial charge in [-0.15, -0.1) is 0 Å². The Balaban J connectivity index is 4.19. The van der Waals surface area contributed by atoms with E-state index in [4.69, 9.17) is 0 Å². The Morgan fingerprint density at radius 3 is 2.20 bits per heavy atom. The summed E-state index contributed by atoms with van der Waals surface area (Å²) in [5.74, 6) is 0. The minimum Gasteiger partial charge on any atom is -0.386 e. The molecule has 0 aromatic rings. The molecule has 88 valence electrons. The van der Waals surface area contributed by atoms with Crippen LogP contribution in [0.25, 0.3) is 0 Å². The Hall–Kier alpha value is -0.343. The predicted molar refractivity (Wildman–Crippen MR) is 71.8 cm³/mol.